The molecule has 0 radical (unpaired) electrons. The van der Waals surface area contributed by atoms with Gasteiger partial charge in [-0.05, 0) is 18.2 Å². The van der Waals surface area contributed by atoms with Crippen LogP contribution in [-0.2, 0) is 0 Å². The highest BCUT2D eigenvalue weighted by atomic mass is 35.5. The summed E-state index contributed by atoms with van der Waals surface area (Å²) in [5.41, 5.74) is 1.77. The number of ether oxygens (including phenoxy) is 2. The van der Waals surface area contributed by atoms with Crippen LogP contribution < -0.4 is 14.8 Å². The van der Waals surface area contributed by atoms with E-state index in [1.54, 1.807) is 25.6 Å². The Balaban J connectivity index is 1.97. The Morgan fingerprint density at radius 3 is 2.57 bits per heavy atom. The van der Waals surface area contributed by atoms with E-state index in [0.29, 0.717) is 16.5 Å². The minimum Gasteiger partial charge on any atom is -0.493 e. The van der Waals surface area contributed by atoms with Gasteiger partial charge >= 0.3 is 0 Å². The fraction of sp³-hybridized carbons (Fsp3) is 0.133. The van der Waals surface area contributed by atoms with Crippen molar-refractivity contribution in [3.05, 3.63) is 41.4 Å². The van der Waals surface area contributed by atoms with Crippen molar-refractivity contribution in [2.45, 2.75) is 0 Å². The fourth-order valence-electron chi connectivity index (χ4n) is 2.00. The van der Waals surface area contributed by atoms with Gasteiger partial charge in [0.25, 0.3) is 0 Å². The van der Waals surface area contributed by atoms with E-state index in [1.807, 2.05) is 36.4 Å². The maximum atomic E-state index is 5.98. The second-order valence-electron chi connectivity index (χ2n) is 4.33. The number of halogens is 1. The summed E-state index contributed by atoms with van der Waals surface area (Å²) in [6.07, 6.45) is 0. The van der Waals surface area contributed by atoms with Crippen LogP contribution in [0.1, 0.15) is 0 Å². The van der Waals surface area contributed by atoms with Crippen LogP contribution in [0.3, 0.4) is 0 Å². The van der Waals surface area contributed by atoms with Crippen LogP contribution in [0.2, 0.25) is 5.02 Å². The number of rotatable bonds is 4. The highest BCUT2D eigenvalue weighted by Gasteiger charge is 2.10. The van der Waals surface area contributed by atoms with Crippen LogP contribution in [0, 0.1) is 0 Å². The molecule has 4 nitrogen and oxygen atoms in total. The van der Waals surface area contributed by atoms with Crippen LogP contribution in [0.5, 0.6) is 11.5 Å². The van der Waals surface area contributed by atoms with Gasteiger partial charge in [-0.3, -0.25) is 0 Å². The van der Waals surface area contributed by atoms with E-state index in [2.05, 4.69) is 10.3 Å². The first-order valence-corrected chi connectivity index (χ1v) is 7.44. The monoisotopic (exact) mass is 320 g/mol. The summed E-state index contributed by atoms with van der Waals surface area (Å²) < 4.78 is 11.6. The van der Waals surface area contributed by atoms with Gasteiger partial charge in [0, 0.05) is 22.8 Å². The summed E-state index contributed by atoms with van der Waals surface area (Å²) in [6, 6.07) is 11.3. The molecule has 3 aromatic rings. The minimum absolute atomic E-state index is 0.671. The first-order chi connectivity index (χ1) is 10.2. The predicted molar refractivity (Wildman–Crippen MR) is 87.5 cm³/mol. The van der Waals surface area contributed by atoms with Crippen molar-refractivity contribution in [3.8, 4) is 11.5 Å². The van der Waals surface area contributed by atoms with Gasteiger partial charge in [-0.25, -0.2) is 4.98 Å². The quantitative estimate of drug-likeness (QED) is 0.756. The topological polar surface area (TPSA) is 43.4 Å². The zero-order valence-corrected chi connectivity index (χ0v) is 13.1. The Morgan fingerprint density at radius 1 is 1.10 bits per heavy atom. The summed E-state index contributed by atoms with van der Waals surface area (Å²) in [4.78, 5) is 4.55. The average molecular weight is 321 g/mol. The van der Waals surface area contributed by atoms with Crippen molar-refractivity contribution in [2.24, 2.45) is 0 Å². The van der Waals surface area contributed by atoms with E-state index in [-0.39, 0.29) is 0 Å². The van der Waals surface area contributed by atoms with Gasteiger partial charge in [-0.2, -0.15) is 0 Å². The summed E-state index contributed by atoms with van der Waals surface area (Å²) in [7, 11) is 3.23. The lowest BCUT2D eigenvalue weighted by atomic mass is 10.3. The summed E-state index contributed by atoms with van der Waals surface area (Å²) >= 11 is 7.52. The molecule has 0 saturated heterocycles. The maximum Gasteiger partial charge on any atom is 0.188 e. The lowest BCUT2D eigenvalue weighted by molar-refractivity contribution is 0.356. The zero-order valence-electron chi connectivity index (χ0n) is 11.5. The summed E-state index contributed by atoms with van der Waals surface area (Å²) in [5, 5.41) is 4.73. The second kappa shape index (κ2) is 5.79. The van der Waals surface area contributed by atoms with Gasteiger partial charge in [0.2, 0.25) is 0 Å². The smallest absolute Gasteiger partial charge is 0.188 e. The maximum absolute atomic E-state index is 5.98. The number of anilines is 2. The highest BCUT2D eigenvalue weighted by molar-refractivity contribution is 7.22. The molecule has 0 saturated carbocycles. The molecule has 1 N–H and O–H groups in total. The minimum atomic E-state index is 0.671. The molecule has 1 heterocycles. The first-order valence-electron chi connectivity index (χ1n) is 6.25. The number of fused-ring (bicyclic) bond motifs is 1. The van der Waals surface area contributed by atoms with Crippen molar-refractivity contribution in [2.75, 3.05) is 19.5 Å². The number of nitrogens with zero attached hydrogens (tertiary/aromatic N) is 1. The molecule has 108 valence electrons. The van der Waals surface area contributed by atoms with Gasteiger partial charge in [0.15, 0.2) is 16.6 Å². The van der Waals surface area contributed by atoms with Gasteiger partial charge in [0.05, 0.1) is 24.4 Å². The molecule has 3 rings (SSSR count). The van der Waals surface area contributed by atoms with E-state index >= 15 is 0 Å². The number of aromatic nitrogens is 1. The number of nitrogens with one attached hydrogen (secondary N) is 1. The molecule has 2 aromatic carbocycles. The molecular formula is C15H13ClN2O2S. The Kier molecular flexibility index (Phi) is 3.86. The van der Waals surface area contributed by atoms with Crippen molar-refractivity contribution < 1.29 is 9.47 Å². The van der Waals surface area contributed by atoms with Crippen LogP contribution in [-0.4, -0.2) is 19.2 Å². The van der Waals surface area contributed by atoms with Crippen LogP contribution in [0.4, 0.5) is 10.8 Å². The van der Waals surface area contributed by atoms with E-state index in [1.165, 1.54) is 0 Å². The lowest BCUT2D eigenvalue weighted by Gasteiger charge is -2.05. The Bertz CT molecular complexity index is 747. The summed E-state index contributed by atoms with van der Waals surface area (Å²) in [5.74, 6) is 1.37. The molecule has 0 atom stereocenters. The fourth-order valence-corrected chi connectivity index (χ4v) is 3.08. The van der Waals surface area contributed by atoms with Gasteiger partial charge in [-0.1, -0.05) is 29.0 Å². The average Bonchev–Trinajstić information content (AvgIpc) is 2.86. The molecule has 0 aliphatic carbocycles. The SMILES string of the molecule is COc1cc2nc(Nc3cccc(Cl)c3)sc2cc1OC. The van der Waals surface area contributed by atoms with Gasteiger partial charge in [0.1, 0.15) is 0 Å². The normalized spacial score (nSPS) is 10.6. The first kappa shape index (κ1) is 14.0. The molecule has 0 fully saturated rings. The van der Waals surface area contributed by atoms with E-state index < -0.39 is 0 Å². The molecule has 0 spiro atoms. The molecule has 0 aliphatic heterocycles. The van der Waals surface area contributed by atoms with Crippen molar-refractivity contribution in [3.63, 3.8) is 0 Å². The third kappa shape index (κ3) is 2.89. The van der Waals surface area contributed by atoms with Crippen LogP contribution in [0.25, 0.3) is 10.2 Å². The van der Waals surface area contributed by atoms with Gasteiger partial charge < -0.3 is 14.8 Å². The molecule has 21 heavy (non-hydrogen) atoms. The zero-order chi connectivity index (χ0) is 14.8. The predicted octanol–water partition coefficient (Wildman–Crippen LogP) is 4.71. The van der Waals surface area contributed by atoms with Crippen molar-refractivity contribution >= 4 is 44.0 Å². The number of benzene rings is 2. The van der Waals surface area contributed by atoms with Crippen LogP contribution >= 0.6 is 22.9 Å². The highest BCUT2D eigenvalue weighted by Crippen LogP contribution is 2.36. The lowest BCUT2D eigenvalue weighted by Crippen LogP contribution is -1.90. The van der Waals surface area contributed by atoms with E-state index in [9.17, 15) is 0 Å². The number of hydrogen-bond acceptors (Lipinski definition) is 5. The Hall–Kier alpha value is -1.98. The van der Waals surface area contributed by atoms with Crippen molar-refractivity contribution in [1.82, 2.24) is 4.98 Å². The van der Waals surface area contributed by atoms with E-state index in [0.717, 1.165) is 21.0 Å². The third-order valence-corrected chi connectivity index (χ3v) is 4.14. The standard InChI is InChI=1S/C15H13ClN2O2S/c1-19-12-7-11-14(8-13(12)20-2)21-15(18-11)17-10-5-3-4-9(16)6-10/h3-8H,1-2H3,(H,17,18). The molecule has 0 amide bonds. The molecule has 0 bridgehead atoms. The largest absolute Gasteiger partial charge is 0.493 e. The molecular weight excluding hydrogens is 308 g/mol. The molecule has 0 aliphatic rings. The van der Waals surface area contributed by atoms with E-state index in [4.69, 9.17) is 21.1 Å². The summed E-state index contributed by atoms with van der Waals surface area (Å²) in [6.45, 7) is 0. The number of thiazole rings is 1. The molecule has 0 unspecified atom stereocenters. The molecule has 6 heteroatoms. The third-order valence-electron chi connectivity index (χ3n) is 2.97. The van der Waals surface area contributed by atoms with Crippen LogP contribution in [0.15, 0.2) is 36.4 Å². The van der Waals surface area contributed by atoms with Gasteiger partial charge in [-0.15, -0.1) is 0 Å². The number of hydrogen-bond donors (Lipinski definition) is 1. The van der Waals surface area contributed by atoms with Crippen molar-refractivity contribution in [1.29, 1.82) is 0 Å². The Morgan fingerprint density at radius 2 is 1.86 bits per heavy atom. The Labute approximate surface area is 131 Å². The number of methoxy groups -OCH3 is 2. The second-order valence-corrected chi connectivity index (χ2v) is 5.80. The molecule has 1 aromatic heterocycles.